The van der Waals surface area contributed by atoms with Crippen molar-refractivity contribution in [3.63, 3.8) is 0 Å². The molecule has 0 saturated heterocycles. The van der Waals surface area contributed by atoms with Gasteiger partial charge in [0, 0.05) is 16.1 Å². The molecule has 20 heavy (non-hydrogen) atoms. The number of halogens is 1. The van der Waals surface area contributed by atoms with Crippen molar-refractivity contribution >= 4 is 35.1 Å². The molecule has 106 valence electrons. The van der Waals surface area contributed by atoms with Crippen molar-refractivity contribution in [3.05, 3.63) is 35.5 Å². The summed E-state index contributed by atoms with van der Waals surface area (Å²) in [5, 5.41) is 9.36. The highest BCUT2D eigenvalue weighted by Crippen LogP contribution is 2.32. The molecule has 0 aliphatic heterocycles. The van der Waals surface area contributed by atoms with Gasteiger partial charge < -0.3 is 10.8 Å². The molecular formula is C12H13ClN4O2S. The van der Waals surface area contributed by atoms with Gasteiger partial charge in [-0.1, -0.05) is 23.4 Å². The molecule has 0 unspecified atom stereocenters. The van der Waals surface area contributed by atoms with Crippen LogP contribution in [0.4, 0.5) is 11.8 Å². The van der Waals surface area contributed by atoms with Gasteiger partial charge in [0.05, 0.1) is 18.1 Å². The Morgan fingerprint density at radius 1 is 1.35 bits per heavy atom. The third kappa shape index (κ3) is 4.24. The van der Waals surface area contributed by atoms with E-state index in [1.54, 1.807) is 18.3 Å². The Morgan fingerprint density at radius 2 is 2.10 bits per heavy atom. The number of rotatable bonds is 6. The molecule has 2 aromatic rings. The van der Waals surface area contributed by atoms with Gasteiger partial charge in [-0.2, -0.15) is 4.98 Å². The van der Waals surface area contributed by atoms with Crippen molar-refractivity contribution in [2.45, 2.75) is 9.79 Å². The van der Waals surface area contributed by atoms with Gasteiger partial charge in [0.15, 0.2) is 5.82 Å². The highest BCUT2D eigenvalue weighted by atomic mass is 35.5. The third-order valence-electron chi connectivity index (χ3n) is 2.18. The lowest BCUT2D eigenvalue weighted by Crippen LogP contribution is -2.09. The minimum absolute atomic E-state index is 0.0901. The van der Waals surface area contributed by atoms with E-state index in [1.165, 1.54) is 11.8 Å². The van der Waals surface area contributed by atoms with E-state index in [1.807, 2.05) is 12.1 Å². The van der Waals surface area contributed by atoms with Crippen molar-refractivity contribution in [1.82, 2.24) is 9.97 Å². The van der Waals surface area contributed by atoms with Gasteiger partial charge in [-0.15, -0.1) is 0 Å². The van der Waals surface area contributed by atoms with Gasteiger partial charge in [0.2, 0.25) is 5.95 Å². The summed E-state index contributed by atoms with van der Waals surface area (Å²) in [5.74, 6) is 0.589. The summed E-state index contributed by atoms with van der Waals surface area (Å²) in [6.07, 6.45) is 1.60. The quantitative estimate of drug-likeness (QED) is 0.556. The molecule has 8 heteroatoms. The molecule has 0 fully saturated rings. The summed E-state index contributed by atoms with van der Waals surface area (Å²) in [6.45, 7) is 0.0577. The zero-order valence-corrected chi connectivity index (χ0v) is 12.0. The molecule has 0 aliphatic carbocycles. The van der Waals surface area contributed by atoms with E-state index < -0.39 is 0 Å². The Kier molecular flexibility index (Phi) is 5.42. The SMILES string of the molecule is Nc1ncc(Sc2ccc(Cl)cc2)c(NOCCO)n1. The van der Waals surface area contributed by atoms with Gasteiger partial charge in [-0.3, -0.25) is 4.84 Å². The van der Waals surface area contributed by atoms with Crippen LogP contribution in [0.2, 0.25) is 5.02 Å². The van der Waals surface area contributed by atoms with Crippen LogP contribution in [-0.2, 0) is 4.84 Å². The zero-order valence-electron chi connectivity index (χ0n) is 10.4. The lowest BCUT2D eigenvalue weighted by Gasteiger charge is -2.10. The molecule has 4 N–H and O–H groups in total. The largest absolute Gasteiger partial charge is 0.394 e. The molecule has 0 aliphatic rings. The number of aliphatic hydroxyl groups is 1. The number of aromatic nitrogens is 2. The normalized spacial score (nSPS) is 10.5. The second-order valence-electron chi connectivity index (χ2n) is 3.67. The van der Waals surface area contributed by atoms with E-state index in [-0.39, 0.29) is 19.2 Å². The number of aliphatic hydroxyl groups excluding tert-OH is 1. The molecule has 1 aromatic carbocycles. The van der Waals surface area contributed by atoms with E-state index in [0.717, 1.165) is 9.79 Å². The maximum atomic E-state index is 8.69. The van der Waals surface area contributed by atoms with Crippen molar-refractivity contribution < 1.29 is 9.94 Å². The third-order valence-corrected chi connectivity index (χ3v) is 3.46. The Bertz CT molecular complexity index is 568. The van der Waals surface area contributed by atoms with Crippen LogP contribution in [0.15, 0.2) is 40.3 Å². The first kappa shape index (κ1) is 14.9. The summed E-state index contributed by atoms with van der Waals surface area (Å²) in [7, 11) is 0. The average molecular weight is 313 g/mol. The minimum Gasteiger partial charge on any atom is -0.394 e. The van der Waals surface area contributed by atoms with Crippen LogP contribution in [0.25, 0.3) is 0 Å². The summed E-state index contributed by atoms with van der Waals surface area (Å²) < 4.78 is 0. The van der Waals surface area contributed by atoms with Crippen molar-refractivity contribution in [3.8, 4) is 0 Å². The van der Waals surface area contributed by atoms with Crippen LogP contribution in [-0.4, -0.2) is 28.3 Å². The smallest absolute Gasteiger partial charge is 0.222 e. The average Bonchev–Trinajstić information content (AvgIpc) is 2.44. The van der Waals surface area contributed by atoms with E-state index in [4.69, 9.17) is 27.3 Å². The number of nitrogens with zero attached hydrogens (tertiary/aromatic N) is 2. The summed E-state index contributed by atoms with van der Waals surface area (Å²) in [4.78, 5) is 14.8. The Labute approximate surface area is 125 Å². The predicted octanol–water partition coefficient (Wildman–Crippen LogP) is 2.20. The molecule has 0 radical (unpaired) electrons. The Morgan fingerprint density at radius 3 is 2.80 bits per heavy atom. The van der Waals surface area contributed by atoms with Crippen LogP contribution in [0.3, 0.4) is 0 Å². The Hall–Kier alpha value is -1.54. The molecule has 1 aromatic heterocycles. The van der Waals surface area contributed by atoms with Crippen LogP contribution < -0.4 is 11.2 Å². The second-order valence-corrected chi connectivity index (χ2v) is 5.22. The van der Waals surface area contributed by atoms with Gasteiger partial charge in [-0.05, 0) is 24.3 Å². The van der Waals surface area contributed by atoms with Crippen molar-refractivity contribution in [1.29, 1.82) is 0 Å². The van der Waals surface area contributed by atoms with E-state index in [9.17, 15) is 0 Å². The first-order valence-corrected chi connectivity index (χ1v) is 6.93. The lowest BCUT2D eigenvalue weighted by molar-refractivity contribution is 0.131. The summed E-state index contributed by atoms with van der Waals surface area (Å²) in [5.41, 5.74) is 8.20. The topological polar surface area (TPSA) is 93.3 Å². The number of hydrogen-bond acceptors (Lipinski definition) is 7. The number of nitrogens with two attached hydrogens (primary N) is 1. The number of hydrogen-bond donors (Lipinski definition) is 3. The van der Waals surface area contributed by atoms with Gasteiger partial charge >= 0.3 is 0 Å². The molecule has 2 rings (SSSR count). The first-order chi connectivity index (χ1) is 9.69. The predicted molar refractivity (Wildman–Crippen MR) is 78.7 cm³/mol. The first-order valence-electron chi connectivity index (χ1n) is 5.73. The number of anilines is 2. The summed E-state index contributed by atoms with van der Waals surface area (Å²) >= 11 is 7.29. The minimum atomic E-state index is -0.0901. The van der Waals surface area contributed by atoms with E-state index in [0.29, 0.717) is 10.8 Å². The van der Waals surface area contributed by atoms with Gasteiger partial charge in [0.25, 0.3) is 0 Å². The molecule has 0 amide bonds. The monoisotopic (exact) mass is 312 g/mol. The molecular weight excluding hydrogens is 300 g/mol. The van der Waals surface area contributed by atoms with Crippen molar-refractivity contribution in [2.24, 2.45) is 0 Å². The van der Waals surface area contributed by atoms with Gasteiger partial charge in [0.1, 0.15) is 0 Å². The van der Waals surface area contributed by atoms with Crippen molar-refractivity contribution in [2.75, 3.05) is 24.4 Å². The highest BCUT2D eigenvalue weighted by Gasteiger charge is 2.08. The molecule has 6 nitrogen and oxygen atoms in total. The van der Waals surface area contributed by atoms with E-state index in [2.05, 4.69) is 15.4 Å². The summed E-state index contributed by atoms with van der Waals surface area (Å²) in [6, 6.07) is 7.39. The molecule has 0 bridgehead atoms. The fourth-order valence-corrected chi connectivity index (χ4v) is 2.27. The molecule has 0 atom stereocenters. The van der Waals surface area contributed by atoms with Crippen LogP contribution in [0.5, 0.6) is 0 Å². The lowest BCUT2D eigenvalue weighted by atomic mass is 10.4. The fraction of sp³-hybridized carbons (Fsp3) is 0.167. The van der Waals surface area contributed by atoms with Crippen LogP contribution in [0.1, 0.15) is 0 Å². The Balaban J connectivity index is 2.15. The number of nitrogen functional groups attached to an aromatic ring is 1. The second kappa shape index (κ2) is 7.30. The maximum Gasteiger partial charge on any atom is 0.222 e. The van der Waals surface area contributed by atoms with Crippen LogP contribution in [0, 0.1) is 0 Å². The molecule has 0 saturated carbocycles. The fourth-order valence-electron chi connectivity index (χ4n) is 1.33. The highest BCUT2D eigenvalue weighted by molar-refractivity contribution is 7.99. The molecule has 1 heterocycles. The zero-order chi connectivity index (χ0) is 14.4. The number of nitrogens with one attached hydrogen (secondary N) is 1. The van der Waals surface area contributed by atoms with E-state index >= 15 is 0 Å². The standard InChI is InChI=1S/C12H13ClN4O2S/c13-8-1-3-9(4-2-8)20-10-7-15-12(14)16-11(10)17-19-6-5-18/h1-4,7,18H,5-6H2,(H3,14,15,16,17). The van der Waals surface area contributed by atoms with Crippen LogP contribution >= 0.6 is 23.4 Å². The van der Waals surface area contributed by atoms with Gasteiger partial charge in [-0.25, -0.2) is 10.5 Å². The molecule has 0 spiro atoms. The number of benzene rings is 1. The maximum absolute atomic E-state index is 8.69.